The van der Waals surface area contributed by atoms with Crippen LogP contribution in [0.15, 0.2) is 42.5 Å². The number of hydrogen-bond acceptors (Lipinski definition) is 8. The summed E-state index contributed by atoms with van der Waals surface area (Å²) in [4.78, 5) is 12.7. The lowest BCUT2D eigenvalue weighted by molar-refractivity contribution is 0.355. The summed E-state index contributed by atoms with van der Waals surface area (Å²) in [7, 11) is 3.14. The average molecular weight is 375 g/mol. The van der Waals surface area contributed by atoms with Crippen LogP contribution < -0.4 is 14.8 Å². The second-order valence-electron chi connectivity index (χ2n) is 5.54. The van der Waals surface area contributed by atoms with Crippen LogP contribution in [0.3, 0.4) is 0 Å². The van der Waals surface area contributed by atoms with Crippen LogP contribution in [0, 0.1) is 11.5 Å². The Bertz CT molecular complexity index is 1060. The molecule has 0 aliphatic heterocycles. The zero-order chi connectivity index (χ0) is 19.9. The fourth-order valence-electron chi connectivity index (χ4n) is 2.48. The number of anilines is 1. The molecule has 0 spiro atoms. The van der Waals surface area contributed by atoms with Crippen molar-refractivity contribution < 1.29 is 14.6 Å². The van der Waals surface area contributed by atoms with Crippen LogP contribution in [-0.4, -0.2) is 34.3 Å². The van der Waals surface area contributed by atoms with E-state index in [9.17, 15) is 5.11 Å². The van der Waals surface area contributed by atoms with E-state index in [0.717, 1.165) is 5.56 Å². The molecule has 0 aliphatic carbocycles. The van der Waals surface area contributed by atoms with Crippen molar-refractivity contribution in [3.63, 3.8) is 0 Å². The number of rotatable bonds is 6. The molecular formula is C20H17N5O3. The van der Waals surface area contributed by atoms with E-state index >= 15 is 0 Å². The van der Waals surface area contributed by atoms with Gasteiger partial charge in [0.2, 0.25) is 5.95 Å². The number of ether oxygens (including phenoxy) is 2. The standard InChI is InChI=1S/C20H17N5O3/c1-27-16-9-7-13(11-17(16)28-2)8-10-18-23-19(25-20(24-18)22-12-21)14-5-3-4-6-15(14)26/h3-11,26H,1-2H3,(H,22,23,24,25)/b10-8+. The van der Waals surface area contributed by atoms with Crippen molar-refractivity contribution in [1.29, 1.82) is 5.26 Å². The molecule has 28 heavy (non-hydrogen) atoms. The van der Waals surface area contributed by atoms with E-state index in [1.54, 1.807) is 56.8 Å². The van der Waals surface area contributed by atoms with Crippen LogP contribution in [0.1, 0.15) is 11.4 Å². The molecule has 1 aromatic heterocycles. The van der Waals surface area contributed by atoms with Crippen LogP contribution in [-0.2, 0) is 0 Å². The van der Waals surface area contributed by atoms with Crippen LogP contribution in [0.5, 0.6) is 17.2 Å². The number of para-hydroxylation sites is 1. The monoisotopic (exact) mass is 375 g/mol. The maximum absolute atomic E-state index is 10.1. The highest BCUT2D eigenvalue weighted by molar-refractivity contribution is 5.71. The van der Waals surface area contributed by atoms with Crippen molar-refractivity contribution >= 4 is 18.1 Å². The molecule has 140 valence electrons. The van der Waals surface area contributed by atoms with Crippen molar-refractivity contribution in [2.45, 2.75) is 0 Å². The maximum Gasteiger partial charge on any atom is 0.240 e. The van der Waals surface area contributed by atoms with Gasteiger partial charge in [0.05, 0.1) is 19.8 Å². The highest BCUT2D eigenvalue weighted by Gasteiger charge is 2.11. The summed E-state index contributed by atoms with van der Waals surface area (Å²) in [5.74, 6) is 1.91. The van der Waals surface area contributed by atoms with Gasteiger partial charge in [0.15, 0.2) is 29.3 Å². The largest absolute Gasteiger partial charge is 0.507 e. The van der Waals surface area contributed by atoms with Gasteiger partial charge in [-0.05, 0) is 35.9 Å². The number of aromatic nitrogens is 3. The Labute approximate surface area is 161 Å². The van der Waals surface area contributed by atoms with Crippen molar-refractivity contribution in [1.82, 2.24) is 15.0 Å². The number of nitrogens with zero attached hydrogens (tertiary/aromatic N) is 4. The summed E-state index contributed by atoms with van der Waals surface area (Å²) >= 11 is 0. The number of benzene rings is 2. The minimum atomic E-state index is 0.0337. The summed E-state index contributed by atoms with van der Waals surface area (Å²) in [6.07, 6.45) is 5.26. The Morgan fingerprint density at radius 3 is 2.50 bits per heavy atom. The van der Waals surface area contributed by atoms with E-state index in [1.165, 1.54) is 6.07 Å². The normalized spacial score (nSPS) is 10.5. The summed E-state index contributed by atoms with van der Waals surface area (Å²) in [5, 5.41) is 21.3. The number of methoxy groups -OCH3 is 2. The molecule has 8 nitrogen and oxygen atoms in total. The van der Waals surface area contributed by atoms with Crippen LogP contribution in [0.25, 0.3) is 23.5 Å². The number of nitrogens with one attached hydrogen (secondary N) is 1. The molecule has 0 atom stereocenters. The Morgan fingerprint density at radius 1 is 1.00 bits per heavy atom. The minimum absolute atomic E-state index is 0.0337. The second-order valence-corrected chi connectivity index (χ2v) is 5.54. The van der Waals surface area contributed by atoms with E-state index in [0.29, 0.717) is 22.9 Å². The van der Waals surface area contributed by atoms with E-state index in [4.69, 9.17) is 14.7 Å². The predicted molar refractivity (Wildman–Crippen MR) is 105 cm³/mol. The molecule has 0 amide bonds. The summed E-state index contributed by atoms with van der Waals surface area (Å²) in [6, 6.07) is 12.1. The van der Waals surface area contributed by atoms with Gasteiger partial charge < -0.3 is 14.6 Å². The lowest BCUT2D eigenvalue weighted by Gasteiger charge is -2.08. The zero-order valence-electron chi connectivity index (χ0n) is 15.2. The van der Waals surface area contributed by atoms with Gasteiger partial charge in [-0.1, -0.05) is 24.3 Å². The highest BCUT2D eigenvalue weighted by atomic mass is 16.5. The van der Waals surface area contributed by atoms with Crippen molar-refractivity contribution in [3.05, 3.63) is 53.9 Å². The number of phenolic OH excluding ortho intramolecular Hbond substituents is 1. The molecule has 0 unspecified atom stereocenters. The first-order valence-corrected chi connectivity index (χ1v) is 8.24. The first-order valence-electron chi connectivity index (χ1n) is 8.24. The van der Waals surface area contributed by atoms with E-state index in [1.807, 2.05) is 12.1 Å². The number of aromatic hydroxyl groups is 1. The Morgan fingerprint density at radius 2 is 1.79 bits per heavy atom. The van der Waals surface area contributed by atoms with Gasteiger partial charge in [-0.25, -0.2) is 4.98 Å². The van der Waals surface area contributed by atoms with Gasteiger partial charge >= 0.3 is 0 Å². The maximum atomic E-state index is 10.1. The summed E-state index contributed by atoms with van der Waals surface area (Å²) in [6.45, 7) is 0. The molecule has 3 aromatic rings. The number of hydrogen-bond donors (Lipinski definition) is 2. The SMILES string of the molecule is COc1ccc(/C=C/c2nc(NC#N)nc(-c3ccccc3O)n2)cc1OC. The Balaban J connectivity index is 1.99. The van der Waals surface area contributed by atoms with Crippen molar-refractivity contribution in [3.8, 4) is 34.8 Å². The first kappa shape index (κ1) is 18.7. The highest BCUT2D eigenvalue weighted by Crippen LogP contribution is 2.29. The Hall–Kier alpha value is -4.12. The third kappa shape index (κ3) is 4.16. The van der Waals surface area contributed by atoms with Gasteiger partial charge in [-0.15, -0.1) is 0 Å². The van der Waals surface area contributed by atoms with Crippen LogP contribution >= 0.6 is 0 Å². The molecule has 0 saturated heterocycles. The van der Waals surface area contributed by atoms with Gasteiger partial charge in [-0.3, -0.25) is 5.32 Å². The molecule has 1 heterocycles. The summed E-state index contributed by atoms with van der Waals surface area (Å²) in [5.41, 5.74) is 1.28. The first-order chi connectivity index (χ1) is 13.6. The quantitative estimate of drug-likeness (QED) is 0.498. The van der Waals surface area contributed by atoms with Gasteiger partial charge in [0.1, 0.15) is 5.75 Å². The molecule has 0 radical (unpaired) electrons. The van der Waals surface area contributed by atoms with Gasteiger partial charge in [0, 0.05) is 0 Å². The van der Waals surface area contributed by atoms with Gasteiger partial charge in [0.25, 0.3) is 0 Å². The molecular weight excluding hydrogens is 358 g/mol. The van der Waals surface area contributed by atoms with Crippen molar-refractivity contribution in [2.75, 3.05) is 19.5 Å². The van der Waals surface area contributed by atoms with Crippen LogP contribution in [0.4, 0.5) is 5.95 Å². The average Bonchev–Trinajstić information content (AvgIpc) is 2.72. The van der Waals surface area contributed by atoms with E-state index in [2.05, 4.69) is 20.3 Å². The molecule has 0 aliphatic rings. The molecule has 3 rings (SSSR count). The van der Waals surface area contributed by atoms with Crippen molar-refractivity contribution in [2.24, 2.45) is 0 Å². The molecule has 2 N–H and O–H groups in total. The van der Waals surface area contributed by atoms with Crippen LogP contribution in [0.2, 0.25) is 0 Å². The predicted octanol–water partition coefficient (Wildman–Crippen LogP) is 3.32. The third-order valence-electron chi connectivity index (χ3n) is 3.80. The fourth-order valence-corrected chi connectivity index (χ4v) is 2.48. The molecule has 0 saturated carbocycles. The molecule has 0 bridgehead atoms. The third-order valence-corrected chi connectivity index (χ3v) is 3.80. The summed E-state index contributed by atoms with van der Waals surface area (Å²) < 4.78 is 10.5. The molecule has 0 fully saturated rings. The smallest absolute Gasteiger partial charge is 0.240 e. The second kappa shape index (κ2) is 8.51. The molecule has 8 heteroatoms. The Kier molecular flexibility index (Phi) is 5.67. The zero-order valence-corrected chi connectivity index (χ0v) is 15.2. The lowest BCUT2D eigenvalue weighted by Crippen LogP contribution is -2.02. The minimum Gasteiger partial charge on any atom is -0.507 e. The number of nitriles is 1. The fraction of sp³-hybridized carbons (Fsp3) is 0.100. The topological polar surface area (TPSA) is 113 Å². The number of phenols is 1. The van der Waals surface area contributed by atoms with Gasteiger partial charge in [-0.2, -0.15) is 15.2 Å². The van der Waals surface area contributed by atoms with E-state index < -0.39 is 0 Å². The molecule has 2 aromatic carbocycles. The van der Waals surface area contributed by atoms with E-state index in [-0.39, 0.29) is 17.5 Å². The lowest BCUT2D eigenvalue weighted by atomic mass is 10.2.